The maximum Gasteiger partial charge on any atom is 0.159 e. The molecule has 0 fully saturated rings. The highest BCUT2D eigenvalue weighted by atomic mass is 16.3. The highest BCUT2D eigenvalue weighted by molar-refractivity contribution is 6.29. The first-order valence-corrected chi connectivity index (χ1v) is 24.5. The predicted octanol–water partition coefficient (Wildman–Crippen LogP) is 18.3. The van der Waals surface area contributed by atoms with Gasteiger partial charge in [-0.25, -0.2) is 0 Å². The number of hydrogen-bond donors (Lipinski definition) is 0. The zero-order valence-electron chi connectivity index (χ0n) is 38.4. The van der Waals surface area contributed by atoms with E-state index in [1.54, 1.807) is 0 Å². The van der Waals surface area contributed by atoms with Crippen molar-refractivity contribution in [2.75, 3.05) is 0 Å². The van der Waals surface area contributed by atoms with Crippen LogP contribution in [-0.2, 0) is 0 Å². The summed E-state index contributed by atoms with van der Waals surface area (Å²) in [6, 6.07) is 80.5. The maximum atomic E-state index is 7.47. The first-order valence-electron chi connectivity index (χ1n) is 24.5. The molecule has 0 aliphatic heterocycles. The Hall–Kier alpha value is -9.78. The van der Waals surface area contributed by atoms with Crippen molar-refractivity contribution in [3.8, 4) is 28.2 Å². The number of furan rings is 3. The summed E-state index contributed by atoms with van der Waals surface area (Å²) in [5.41, 5.74) is 17.4. The normalized spacial score (nSPS) is 12.4. The fraction of sp³-hybridized carbons (Fsp3) is 0. The van der Waals surface area contributed by atoms with Crippen molar-refractivity contribution < 1.29 is 13.3 Å². The molecule has 0 saturated heterocycles. The highest BCUT2D eigenvalue weighted by Gasteiger charge is 2.25. The summed E-state index contributed by atoms with van der Waals surface area (Å²) in [7, 11) is 0. The van der Waals surface area contributed by atoms with Gasteiger partial charge in [0, 0.05) is 65.2 Å². The molecular weight excluding hydrogens is 883 g/mol. The van der Waals surface area contributed by atoms with E-state index >= 15 is 0 Å². The molecule has 11 aromatic carbocycles. The summed E-state index contributed by atoms with van der Waals surface area (Å²) in [5.74, 6) is 0. The fourth-order valence-corrected chi connectivity index (χ4v) is 12.3. The SMILES string of the molecule is c1ccc(-n2c3ccccc3c3cc(-c4ccc5c(c4)c4c6oc7c(ccc8c7c7ccccc7n8-c7cccc8c7oc7ccccc78)c6ccc4n5-c4ccc5oc6ccccc6c5c4)ccc32)cc1. The highest BCUT2D eigenvalue weighted by Crippen LogP contribution is 2.47. The molecule has 0 aliphatic rings. The van der Waals surface area contributed by atoms with Crippen LogP contribution in [0.3, 0.4) is 0 Å². The summed E-state index contributed by atoms with van der Waals surface area (Å²) in [6.45, 7) is 0. The maximum absolute atomic E-state index is 7.47. The van der Waals surface area contributed by atoms with Gasteiger partial charge in [-0.15, -0.1) is 0 Å². The molecule has 0 saturated carbocycles. The number of aromatic nitrogens is 3. The molecule has 0 unspecified atom stereocenters. The molecule has 0 bridgehead atoms. The van der Waals surface area contributed by atoms with E-state index in [1.165, 1.54) is 21.8 Å². The van der Waals surface area contributed by atoms with Crippen molar-refractivity contribution in [1.82, 2.24) is 13.7 Å². The van der Waals surface area contributed by atoms with Gasteiger partial charge in [0.15, 0.2) is 5.58 Å². The summed E-state index contributed by atoms with van der Waals surface area (Å²) in [5, 5.41) is 13.4. The van der Waals surface area contributed by atoms with Crippen molar-refractivity contribution in [2.24, 2.45) is 0 Å². The van der Waals surface area contributed by atoms with Crippen LogP contribution in [0.1, 0.15) is 0 Å². The minimum atomic E-state index is 0.860. The first-order chi connectivity index (χ1) is 35.7. The quantitative estimate of drug-likeness (QED) is 0.177. The van der Waals surface area contributed by atoms with Gasteiger partial charge in [0.25, 0.3) is 0 Å². The monoisotopic (exact) mass is 919 g/mol. The Morgan fingerprint density at radius 2 is 0.750 bits per heavy atom. The minimum absolute atomic E-state index is 0.860. The average molecular weight is 920 g/mol. The van der Waals surface area contributed by atoms with Crippen molar-refractivity contribution in [1.29, 1.82) is 0 Å². The molecule has 334 valence electrons. The molecule has 0 N–H and O–H groups in total. The summed E-state index contributed by atoms with van der Waals surface area (Å²) >= 11 is 0. The Labute approximate surface area is 408 Å². The third-order valence-corrected chi connectivity index (χ3v) is 15.4. The van der Waals surface area contributed by atoms with Crippen LogP contribution in [0.15, 0.2) is 238 Å². The third-order valence-electron chi connectivity index (χ3n) is 15.4. The molecule has 0 aliphatic carbocycles. The van der Waals surface area contributed by atoms with Crippen LogP contribution in [0.25, 0.3) is 159 Å². The lowest BCUT2D eigenvalue weighted by atomic mass is 10.00. The number of nitrogens with zero attached hydrogens (tertiary/aromatic N) is 3. The third kappa shape index (κ3) is 5.01. The lowest BCUT2D eigenvalue weighted by Crippen LogP contribution is -1.94. The van der Waals surface area contributed by atoms with Gasteiger partial charge in [0.1, 0.15) is 27.9 Å². The van der Waals surface area contributed by atoms with Crippen LogP contribution in [0, 0.1) is 0 Å². The second-order valence-corrected chi connectivity index (χ2v) is 19.1. The zero-order chi connectivity index (χ0) is 46.8. The van der Waals surface area contributed by atoms with Crippen molar-refractivity contribution in [2.45, 2.75) is 0 Å². The Bertz CT molecular complexity index is 5170. The van der Waals surface area contributed by atoms with E-state index < -0.39 is 0 Å². The average Bonchev–Trinajstić information content (AvgIpc) is 4.29. The van der Waals surface area contributed by atoms with Gasteiger partial charge in [0.2, 0.25) is 0 Å². The molecule has 6 nitrogen and oxygen atoms in total. The van der Waals surface area contributed by atoms with Crippen LogP contribution in [-0.4, -0.2) is 13.7 Å². The molecule has 6 heterocycles. The molecule has 17 aromatic rings. The molecular formula is C66H37N3O3. The van der Waals surface area contributed by atoms with Crippen LogP contribution in [0.5, 0.6) is 0 Å². The van der Waals surface area contributed by atoms with Gasteiger partial charge in [-0.05, 0) is 120 Å². The smallest absolute Gasteiger partial charge is 0.159 e. The molecule has 6 heteroatoms. The lowest BCUT2D eigenvalue weighted by molar-refractivity contribution is 0.666. The van der Waals surface area contributed by atoms with E-state index in [1.807, 2.05) is 24.3 Å². The molecule has 72 heavy (non-hydrogen) atoms. The largest absolute Gasteiger partial charge is 0.456 e. The number of fused-ring (bicyclic) bond motifs is 20. The van der Waals surface area contributed by atoms with E-state index in [9.17, 15) is 0 Å². The Kier molecular flexibility index (Phi) is 7.38. The van der Waals surface area contributed by atoms with Gasteiger partial charge >= 0.3 is 0 Å². The van der Waals surface area contributed by atoms with Crippen LogP contribution < -0.4 is 0 Å². The van der Waals surface area contributed by atoms with E-state index in [0.29, 0.717) is 0 Å². The van der Waals surface area contributed by atoms with Crippen molar-refractivity contribution >= 4 is 131 Å². The van der Waals surface area contributed by atoms with Crippen LogP contribution in [0.4, 0.5) is 0 Å². The second kappa shape index (κ2) is 13.9. The van der Waals surface area contributed by atoms with Gasteiger partial charge in [-0.3, -0.25) is 0 Å². The fourth-order valence-electron chi connectivity index (χ4n) is 12.3. The van der Waals surface area contributed by atoms with E-state index in [4.69, 9.17) is 13.3 Å². The standard InChI is InChI=1S/C66H37N3O3/c1-2-13-40(14-3-1)67-52-20-8-4-15-42(52)49-35-38(25-30-54(49)67)39-26-31-55-51(36-39)63-56(68(55)41-27-34-61-50(37-41)44-17-7-10-23-59(44)70-61)32-28-47-46-29-33-57-62(65(46)72-66(47)63)48-18-5-9-21-53(48)69(57)58-22-12-19-45-43-16-6-11-24-60(43)71-64(45)58/h1-37H. The van der Waals surface area contributed by atoms with Gasteiger partial charge < -0.3 is 27.0 Å². The molecule has 0 radical (unpaired) electrons. The predicted molar refractivity (Wildman–Crippen MR) is 297 cm³/mol. The van der Waals surface area contributed by atoms with Gasteiger partial charge in [-0.1, -0.05) is 115 Å². The number of rotatable bonds is 4. The molecule has 0 spiro atoms. The Morgan fingerprint density at radius 1 is 0.236 bits per heavy atom. The second-order valence-electron chi connectivity index (χ2n) is 19.1. The number of hydrogen-bond acceptors (Lipinski definition) is 3. The minimum Gasteiger partial charge on any atom is -0.456 e. The van der Waals surface area contributed by atoms with E-state index in [-0.39, 0.29) is 0 Å². The van der Waals surface area contributed by atoms with E-state index in [0.717, 1.165) is 138 Å². The summed E-state index contributed by atoms with van der Waals surface area (Å²) < 4.78 is 27.6. The summed E-state index contributed by atoms with van der Waals surface area (Å²) in [4.78, 5) is 0. The van der Waals surface area contributed by atoms with Gasteiger partial charge in [-0.2, -0.15) is 0 Å². The number of benzene rings is 11. The molecule has 17 rings (SSSR count). The first kappa shape index (κ1) is 38.1. The topological polar surface area (TPSA) is 54.2 Å². The summed E-state index contributed by atoms with van der Waals surface area (Å²) in [6.07, 6.45) is 0. The van der Waals surface area contributed by atoms with Crippen LogP contribution in [0.2, 0.25) is 0 Å². The Balaban J connectivity index is 0.945. The molecule has 6 aromatic heterocycles. The lowest BCUT2D eigenvalue weighted by Gasteiger charge is -2.09. The Morgan fingerprint density at radius 3 is 1.51 bits per heavy atom. The van der Waals surface area contributed by atoms with Crippen molar-refractivity contribution in [3.63, 3.8) is 0 Å². The molecule has 0 amide bonds. The number of para-hydroxylation sites is 6. The van der Waals surface area contributed by atoms with E-state index in [2.05, 4.69) is 214 Å². The van der Waals surface area contributed by atoms with Crippen molar-refractivity contribution in [3.05, 3.63) is 224 Å². The zero-order valence-corrected chi connectivity index (χ0v) is 38.4. The van der Waals surface area contributed by atoms with Crippen LogP contribution >= 0.6 is 0 Å². The van der Waals surface area contributed by atoms with Gasteiger partial charge in [0.05, 0.1) is 49.6 Å². The molecule has 0 atom stereocenters.